The van der Waals surface area contributed by atoms with Crippen molar-refractivity contribution < 1.29 is 19.0 Å². The standard InChI is InChI=1S/C21H22N2O4S/c1-15-4-2-3-5-18(15)27-13-11-25-10-12-26-17-8-6-16(7-9-17)14-19-20(24)23-21(22)28-19/h2-9,14H,10-13H2,1H3,(H2,22,23,24)/b19-14+. The summed E-state index contributed by atoms with van der Waals surface area (Å²) >= 11 is 1.18. The van der Waals surface area contributed by atoms with Crippen molar-refractivity contribution >= 4 is 28.9 Å². The molecule has 0 unspecified atom stereocenters. The molecule has 0 atom stereocenters. The molecule has 1 amide bonds. The van der Waals surface area contributed by atoms with E-state index in [1.807, 2.05) is 55.5 Å². The molecule has 2 N–H and O–H groups in total. The van der Waals surface area contributed by atoms with Crippen molar-refractivity contribution in [3.05, 3.63) is 64.6 Å². The number of hydrogen-bond donors (Lipinski definition) is 1. The number of aryl methyl sites for hydroxylation is 1. The van der Waals surface area contributed by atoms with Gasteiger partial charge in [-0.2, -0.15) is 4.99 Å². The molecule has 0 spiro atoms. The average Bonchev–Trinajstić information content (AvgIpc) is 3.00. The van der Waals surface area contributed by atoms with Crippen LogP contribution in [0.3, 0.4) is 0 Å². The minimum Gasteiger partial charge on any atom is -0.491 e. The van der Waals surface area contributed by atoms with E-state index in [-0.39, 0.29) is 11.1 Å². The summed E-state index contributed by atoms with van der Waals surface area (Å²) in [5, 5.41) is 0.278. The highest BCUT2D eigenvalue weighted by atomic mass is 32.2. The van der Waals surface area contributed by atoms with Gasteiger partial charge in [-0.1, -0.05) is 30.3 Å². The number of carbonyl (C=O) groups excluding carboxylic acids is 1. The Hall–Kier alpha value is -2.77. The van der Waals surface area contributed by atoms with Gasteiger partial charge in [0.15, 0.2) is 5.17 Å². The van der Waals surface area contributed by atoms with Gasteiger partial charge in [0, 0.05) is 0 Å². The molecule has 0 aromatic heterocycles. The Morgan fingerprint density at radius 1 is 1.00 bits per heavy atom. The number of rotatable bonds is 9. The largest absolute Gasteiger partial charge is 0.491 e. The molecule has 6 nitrogen and oxygen atoms in total. The Kier molecular flexibility index (Phi) is 7.11. The van der Waals surface area contributed by atoms with Crippen molar-refractivity contribution in [2.45, 2.75) is 6.92 Å². The van der Waals surface area contributed by atoms with Crippen LogP contribution < -0.4 is 15.2 Å². The number of nitrogens with zero attached hydrogens (tertiary/aromatic N) is 1. The predicted molar refractivity (Wildman–Crippen MR) is 112 cm³/mol. The third-order valence-corrected chi connectivity index (χ3v) is 4.70. The molecule has 0 bridgehead atoms. The maximum atomic E-state index is 11.6. The zero-order chi connectivity index (χ0) is 19.8. The van der Waals surface area contributed by atoms with E-state index in [2.05, 4.69) is 4.99 Å². The molecule has 0 saturated heterocycles. The van der Waals surface area contributed by atoms with Gasteiger partial charge in [0.05, 0.1) is 18.1 Å². The zero-order valence-electron chi connectivity index (χ0n) is 15.6. The van der Waals surface area contributed by atoms with Gasteiger partial charge in [0.25, 0.3) is 5.91 Å². The van der Waals surface area contributed by atoms with Crippen molar-refractivity contribution in [1.29, 1.82) is 0 Å². The fourth-order valence-electron chi connectivity index (χ4n) is 2.49. The first-order valence-corrected chi connectivity index (χ1v) is 9.70. The monoisotopic (exact) mass is 398 g/mol. The minimum absolute atomic E-state index is 0.278. The smallest absolute Gasteiger partial charge is 0.286 e. The van der Waals surface area contributed by atoms with Crippen molar-refractivity contribution in [3.8, 4) is 11.5 Å². The van der Waals surface area contributed by atoms with Crippen LogP contribution in [0.1, 0.15) is 11.1 Å². The molecule has 28 heavy (non-hydrogen) atoms. The Morgan fingerprint density at radius 2 is 1.71 bits per heavy atom. The number of amidine groups is 1. The molecule has 0 aliphatic carbocycles. The van der Waals surface area contributed by atoms with Gasteiger partial charge in [0.1, 0.15) is 24.7 Å². The molecule has 1 aliphatic rings. The minimum atomic E-state index is -0.300. The SMILES string of the molecule is Cc1ccccc1OCCOCCOc1ccc(/C=C2/SC(N)=NC2=O)cc1. The Labute approximate surface area is 168 Å². The van der Waals surface area contributed by atoms with E-state index in [9.17, 15) is 4.79 Å². The number of aliphatic imine (C=N–C) groups is 1. The molecule has 1 heterocycles. The number of hydrogen-bond acceptors (Lipinski definition) is 6. The zero-order valence-corrected chi connectivity index (χ0v) is 16.4. The Bertz CT molecular complexity index is 878. The molecule has 1 aliphatic heterocycles. The normalized spacial score (nSPS) is 15.0. The van der Waals surface area contributed by atoms with Crippen molar-refractivity contribution in [1.82, 2.24) is 0 Å². The van der Waals surface area contributed by atoms with E-state index in [0.717, 1.165) is 22.6 Å². The third kappa shape index (κ3) is 5.87. The topological polar surface area (TPSA) is 83.1 Å². The van der Waals surface area contributed by atoms with Gasteiger partial charge in [-0.3, -0.25) is 4.79 Å². The first kappa shape index (κ1) is 20.0. The number of nitrogens with two attached hydrogens (primary N) is 1. The van der Waals surface area contributed by atoms with E-state index >= 15 is 0 Å². The molecule has 146 valence electrons. The summed E-state index contributed by atoms with van der Waals surface area (Å²) in [5.74, 6) is 1.32. The van der Waals surface area contributed by atoms with E-state index in [4.69, 9.17) is 19.9 Å². The number of benzene rings is 2. The van der Waals surface area contributed by atoms with Gasteiger partial charge >= 0.3 is 0 Å². The quantitative estimate of drug-likeness (QED) is 0.515. The second kappa shape index (κ2) is 9.96. The van der Waals surface area contributed by atoms with E-state index in [0.29, 0.717) is 31.3 Å². The predicted octanol–water partition coefficient (Wildman–Crippen LogP) is 3.40. The van der Waals surface area contributed by atoms with Crippen molar-refractivity contribution in [2.75, 3.05) is 26.4 Å². The third-order valence-electron chi connectivity index (χ3n) is 3.89. The summed E-state index contributed by atoms with van der Waals surface area (Å²) in [6.45, 7) is 3.94. The molecule has 0 saturated carbocycles. The lowest BCUT2D eigenvalue weighted by atomic mass is 10.2. The lowest BCUT2D eigenvalue weighted by Crippen LogP contribution is -2.12. The maximum absolute atomic E-state index is 11.6. The highest BCUT2D eigenvalue weighted by Gasteiger charge is 2.19. The van der Waals surface area contributed by atoms with E-state index in [1.165, 1.54) is 11.8 Å². The van der Waals surface area contributed by atoms with Crippen LogP contribution in [-0.2, 0) is 9.53 Å². The maximum Gasteiger partial charge on any atom is 0.286 e. The van der Waals surface area contributed by atoms with Crippen LogP contribution in [0.4, 0.5) is 0 Å². The lowest BCUT2D eigenvalue weighted by molar-refractivity contribution is -0.113. The van der Waals surface area contributed by atoms with Crippen LogP contribution in [0.5, 0.6) is 11.5 Å². The number of thioether (sulfide) groups is 1. The van der Waals surface area contributed by atoms with Crippen LogP contribution in [-0.4, -0.2) is 37.5 Å². The molecule has 3 rings (SSSR count). The summed E-state index contributed by atoms with van der Waals surface area (Å²) < 4.78 is 16.8. The van der Waals surface area contributed by atoms with Crippen molar-refractivity contribution in [2.24, 2.45) is 10.7 Å². The second-order valence-electron chi connectivity index (χ2n) is 6.01. The number of ether oxygens (including phenoxy) is 3. The summed E-state index contributed by atoms with van der Waals surface area (Å²) in [7, 11) is 0. The van der Waals surface area contributed by atoms with E-state index < -0.39 is 0 Å². The fourth-order valence-corrected chi connectivity index (χ4v) is 3.17. The van der Waals surface area contributed by atoms with Crippen LogP contribution >= 0.6 is 11.8 Å². The molecular weight excluding hydrogens is 376 g/mol. The summed E-state index contributed by atoms with van der Waals surface area (Å²) in [4.78, 5) is 15.8. The summed E-state index contributed by atoms with van der Waals surface area (Å²) in [6, 6.07) is 15.3. The lowest BCUT2D eigenvalue weighted by Gasteiger charge is -2.10. The van der Waals surface area contributed by atoms with Gasteiger partial charge in [-0.25, -0.2) is 0 Å². The fraction of sp³-hybridized carbons (Fsp3) is 0.238. The highest BCUT2D eigenvalue weighted by Crippen LogP contribution is 2.26. The molecule has 2 aromatic rings. The molecule has 0 radical (unpaired) electrons. The molecule has 0 fully saturated rings. The van der Waals surface area contributed by atoms with Gasteiger partial charge in [0.2, 0.25) is 0 Å². The molecule has 2 aromatic carbocycles. The van der Waals surface area contributed by atoms with Crippen LogP contribution in [0.15, 0.2) is 58.4 Å². The first-order valence-electron chi connectivity index (χ1n) is 8.89. The molecular formula is C21H22N2O4S. The Balaban J connectivity index is 1.33. The highest BCUT2D eigenvalue weighted by molar-refractivity contribution is 8.18. The van der Waals surface area contributed by atoms with Gasteiger partial charge in [-0.15, -0.1) is 0 Å². The number of para-hydroxylation sites is 1. The Morgan fingerprint density at radius 3 is 2.39 bits per heavy atom. The summed E-state index contributed by atoms with van der Waals surface area (Å²) in [5.41, 5.74) is 7.53. The first-order chi connectivity index (χ1) is 13.6. The van der Waals surface area contributed by atoms with E-state index in [1.54, 1.807) is 6.08 Å². The van der Waals surface area contributed by atoms with Crippen LogP contribution in [0.2, 0.25) is 0 Å². The van der Waals surface area contributed by atoms with Crippen LogP contribution in [0, 0.1) is 6.92 Å². The number of carbonyl (C=O) groups is 1. The summed E-state index contributed by atoms with van der Waals surface area (Å²) in [6.07, 6.45) is 1.76. The number of amides is 1. The average molecular weight is 398 g/mol. The molecule has 7 heteroatoms. The van der Waals surface area contributed by atoms with Crippen LogP contribution in [0.25, 0.3) is 6.08 Å². The second-order valence-corrected chi connectivity index (χ2v) is 7.07. The van der Waals surface area contributed by atoms with Crippen molar-refractivity contribution in [3.63, 3.8) is 0 Å². The van der Waals surface area contributed by atoms with Gasteiger partial charge in [-0.05, 0) is 54.1 Å². The van der Waals surface area contributed by atoms with Gasteiger partial charge < -0.3 is 19.9 Å².